The van der Waals surface area contributed by atoms with E-state index in [0.717, 1.165) is 24.5 Å². The highest BCUT2D eigenvalue weighted by Crippen LogP contribution is 2.26. The first-order chi connectivity index (χ1) is 7.83. The van der Waals surface area contributed by atoms with Crippen molar-refractivity contribution in [1.29, 1.82) is 5.26 Å². The molecule has 1 fully saturated rings. The van der Waals surface area contributed by atoms with E-state index in [1.807, 2.05) is 30.0 Å². The monoisotopic (exact) mass is 235 g/mol. The second kappa shape index (κ2) is 5.24. The Balaban J connectivity index is 2.01. The Morgan fingerprint density at radius 1 is 1.56 bits per heavy atom. The van der Waals surface area contributed by atoms with Crippen molar-refractivity contribution in [3.8, 4) is 11.8 Å². The third-order valence-electron chi connectivity index (χ3n) is 2.48. The fraction of sp³-hybridized carbons (Fsp3) is 0.417. The number of hydrogen-bond acceptors (Lipinski definition) is 4. The van der Waals surface area contributed by atoms with E-state index in [2.05, 4.69) is 6.07 Å². The Hall–Kier alpha value is -1.18. The van der Waals surface area contributed by atoms with E-state index in [9.17, 15) is 0 Å². The number of thioether (sulfide) groups is 1. The van der Waals surface area contributed by atoms with Crippen LogP contribution < -0.4 is 4.74 Å². The third kappa shape index (κ3) is 2.49. The third-order valence-corrected chi connectivity index (χ3v) is 3.72. The zero-order chi connectivity index (χ0) is 11.4. The normalized spacial score (nSPS) is 15.2. The average Bonchev–Trinajstić information content (AvgIpc) is 2.26. The van der Waals surface area contributed by atoms with Crippen LogP contribution in [0.2, 0.25) is 0 Å². The Kier molecular flexibility index (Phi) is 3.70. The van der Waals surface area contributed by atoms with Crippen LogP contribution in [-0.2, 0) is 10.5 Å². The summed E-state index contributed by atoms with van der Waals surface area (Å²) in [5.74, 6) is 1.57. The minimum atomic E-state index is 0.602. The molecule has 3 nitrogen and oxygen atoms in total. The van der Waals surface area contributed by atoms with Crippen LogP contribution in [0, 0.1) is 11.3 Å². The van der Waals surface area contributed by atoms with Crippen molar-refractivity contribution >= 4 is 11.8 Å². The number of ether oxygens (including phenoxy) is 2. The van der Waals surface area contributed by atoms with Crippen molar-refractivity contribution in [3.63, 3.8) is 0 Å². The van der Waals surface area contributed by atoms with Gasteiger partial charge in [0.05, 0.1) is 31.1 Å². The number of rotatable bonds is 4. The number of nitriles is 1. The highest BCUT2D eigenvalue weighted by Gasteiger charge is 2.18. The van der Waals surface area contributed by atoms with E-state index in [0.29, 0.717) is 16.6 Å². The van der Waals surface area contributed by atoms with Crippen LogP contribution in [0.1, 0.15) is 11.1 Å². The van der Waals surface area contributed by atoms with E-state index in [1.54, 1.807) is 7.11 Å². The summed E-state index contributed by atoms with van der Waals surface area (Å²) < 4.78 is 10.2. The predicted molar refractivity (Wildman–Crippen MR) is 63.6 cm³/mol. The van der Waals surface area contributed by atoms with Gasteiger partial charge in [-0.2, -0.15) is 5.26 Å². The topological polar surface area (TPSA) is 42.2 Å². The molecule has 0 atom stereocenters. The highest BCUT2D eigenvalue weighted by molar-refractivity contribution is 7.99. The van der Waals surface area contributed by atoms with Gasteiger partial charge in [0.2, 0.25) is 0 Å². The molecule has 1 aromatic rings. The average molecular weight is 235 g/mol. The Labute approximate surface area is 99.4 Å². The molecule has 0 unspecified atom stereocenters. The van der Waals surface area contributed by atoms with Gasteiger partial charge in [0.25, 0.3) is 0 Å². The lowest BCUT2D eigenvalue weighted by Gasteiger charge is -2.25. The molecule has 1 aliphatic rings. The summed E-state index contributed by atoms with van der Waals surface area (Å²) in [6, 6.07) is 7.90. The molecule has 0 radical (unpaired) electrons. The van der Waals surface area contributed by atoms with Gasteiger partial charge in [-0.1, -0.05) is 6.07 Å². The van der Waals surface area contributed by atoms with Crippen LogP contribution in [0.4, 0.5) is 0 Å². The maximum Gasteiger partial charge on any atom is 0.136 e. The number of benzene rings is 1. The first-order valence-corrected chi connectivity index (χ1v) is 6.14. The SMILES string of the molecule is COc1ccc(CSC2COC2)cc1C#N. The lowest BCUT2D eigenvalue weighted by Crippen LogP contribution is -2.30. The smallest absolute Gasteiger partial charge is 0.136 e. The lowest BCUT2D eigenvalue weighted by molar-refractivity contribution is 0.0455. The zero-order valence-electron chi connectivity index (χ0n) is 9.10. The largest absolute Gasteiger partial charge is 0.495 e. The molecule has 1 heterocycles. The molecule has 0 spiro atoms. The molecule has 1 aromatic carbocycles. The summed E-state index contributed by atoms with van der Waals surface area (Å²) in [6.45, 7) is 1.71. The molecule has 4 heteroatoms. The van der Waals surface area contributed by atoms with Gasteiger partial charge in [0, 0.05) is 5.75 Å². The summed E-state index contributed by atoms with van der Waals surface area (Å²) in [5.41, 5.74) is 1.76. The van der Waals surface area contributed by atoms with Crippen LogP contribution in [-0.4, -0.2) is 25.6 Å². The number of nitrogens with zero attached hydrogens (tertiary/aromatic N) is 1. The molecule has 0 N–H and O–H groups in total. The van der Waals surface area contributed by atoms with Crippen LogP contribution in [0.25, 0.3) is 0 Å². The van der Waals surface area contributed by atoms with Crippen molar-refractivity contribution in [1.82, 2.24) is 0 Å². The fourth-order valence-corrected chi connectivity index (χ4v) is 2.45. The molecule has 0 aromatic heterocycles. The molecule has 84 valence electrons. The van der Waals surface area contributed by atoms with Crippen LogP contribution in [0.3, 0.4) is 0 Å². The molecule has 0 aliphatic carbocycles. The van der Waals surface area contributed by atoms with Gasteiger partial charge in [0.15, 0.2) is 0 Å². The first kappa shape index (κ1) is 11.3. The molecule has 1 saturated heterocycles. The van der Waals surface area contributed by atoms with Gasteiger partial charge in [-0.3, -0.25) is 0 Å². The van der Waals surface area contributed by atoms with E-state index < -0.39 is 0 Å². The zero-order valence-corrected chi connectivity index (χ0v) is 9.92. The second-order valence-electron chi connectivity index (χ2n) is 3.62. The minimum absolute atomic E-state index is 0.602. The van der Waals surface area contributed by atoms with Crippen molar-refractivity contribution < 1.29 is 9.47 Å². The Bertz CT molecular complexity index is 410. The maximum atomic E-state index is 8.95. The van der Waals surface area contributed by atoms with Crippen LogP contribution in [0.15, 0.2) is 18.2 Å². The Morgan fingerprint density at radius 3 is 2.94 bits per heavy atom. The summed E-state index contributed by atoms with van der Waals surface area (Å²) >= 11 is 1.87. The van der Waals surface area contributed by atoms with Crippen LogP contribution >= 0.6 is 11.8 Å². The predicted octanol–water partition coefficient (Wildman–Crippen LogP) is 2.20. The summed E-state index contributed by atoms with van der Waals surface area (Å²) in [5, 5.41) is 9.57. The molecular weight excluding hydrogens is 222 g/mol. The van der Waals surface area contributed by atoms with Crippen molar-refractivity contribution in [2.24, 2.45) is 0 Å². The van der Waals surface area contributed by atoms with Crippen molar-refractivity contribution in [2.75, 3.05) is 20.3 Å². The van der Waals surface area contributed by atoms with Gasteiger partial charge in [0.1, 0.15) is 11.8 Å². The summed E-state index contributed by atoms with van der Waals surface area (Å²) in [7, 11) is 1.58. The molecule has 1 aliphatic heterocycles. The van der Waals surface area contributed by atoms with Gasteiger partial charge in [-0.05, 0) is 17.7 Å². The molecule has 2 rings (SSSR count). The van der Waals surface area contributed by atoms with Crippen molar-refractivity contribution in [2.45, 2.75) is 11.0 Å². The van der Waals surface area contributed by atoms with E-state index in [-0.39, 0.29) is 0 Å². The molecule has 0 saturated carbocycles. The second-order valence-corrected chi connectivity index (χ2v) is 4.91. The fourth-order valence-electron chi connectivity index (χ4n) is 1.46. The van der Waals surface area contributed by atoms with Gasteiger partial charge in [-0.15, -0.1) is 11.8 Å². The van der Waals surface area contributed by atoms with Gasteiger partial charge >= 0.3 is 0 Å². The molecule has 0 amide bonds. The first-order valence-electron chi connectivity index (χ1n) is 5.10. The molecule has 0 bridgehead atoms. The summed E-state index contributed by atoms with van der Waals surface area (Å²) in [6.07, 6.45) is 0. The van der Waals surface area contributed by atoms with E-state index >= 15 is 0 Å². The van der Waals surface area contributed by atoms with Crippen LogP contribution in [0.5, 0.6) is 5.75 Å². The quantitative estimate of drug-likeness (QED) is 0.802. The number of methoxy groups -OCH3 is 1. The maximum absolute atomic E-state index is 8.95. The van der Waals surface area contributed by atoms with E-state index in [1.165, 1.54) is 0 Å². The molecular formula is C12H13NO2S. The standard InChI is InChI=1S/C12H13NO2S/c1-14-12-3-2-9(4-10(12)5-13)8-16-11-6-15-7-11/h2-4,11H,6-8H2,1H3. The van der Waals surface area contributed by atoms with Gasteiger partial charge in [-0.25, -0.2) is 0 Å². The highest BCUT2D eigenvalue weighted by atomic mass is 32.2. The number of hydrogen-bond donors (Lipinski definition) is 0. The van der Waals surface area contributed by atoms with Gasteiger partial charge < -0.3 is 9.47 Å². The Morgan fingerprint density at radius 2 is 2.38 bits per heavy atom. The van der Waals surface area contributed by atoms with Crippen molar-refractivity contribution in [3.05, 3.63) is 29.3 Å². The molecule has 16 heavy (non-hydrogen) atoms. The summed E-state index contributed by atoms with van der Waals surface area (Å²) in [4.78, 5) is 0. The minimum Gasteiger partial charge on any atom is -0.495 e. The lowest BCUT2D eigenvalue weighted by atomic mass is 10.1. The van der Waals surface area contributed by atoms with E-state index in [4.69, 9.17) is 14.7 Å².